The molecule has 1 aromatic carbocycles. The molecule has 2 aromatic rings. The molecule has 96 valence electrons. The molecule has 0 fully saturated rings. The second kappa shape index (κ2) is 5.25. The Balaban J connectivity index is 2.44. The number of benzene rings is 1. The fraction of sp³-hybridized carbons (Fsp3) is 0.200. The van der Waals surface area contributed by atoms with E-state index in [0.717, 1.165) is 4.88 Å². The molecule has 0 saturated carbocycles. The Morgan fingerprint density at radius 2 is 2.21 bits per heavy atom. The Bertz CT molecular complexity index is 628. The Morgan fingerprint density at radius 1 is 1.42 bits per heavy atom. The highest BCUT2D eigenvalue weighted by Crippen LogP contribution is 2.30. The summed E-state index contributed by atoms with van der Waals surface area (Å²) in [6.07, 6.45) is 0.425. The second-order valence-electron chi connectivity index (χ2n) is 4.59. The standard InChI is InChI=1S/C15H13NO2S/c1-15(14(17)18,9-13-6-3-7-19-13)12-5-2-4-11(8-12)10-16/h2-8H,9H2,1H3,(H,17,18). The van der Waals surface area contributed by atoms with Crippen LogP contribution >= 0.6 is 11.3 Å². The number of thiophene rings is 1. The van der Waals surface area contributed by atoms with Crippen molar-refractivity contribution in [1.29, 1.82) is 5.26 Å². The van der Waals surface area contributed by atoms with Gasteiger partial charge in [-0.25, -0.2) is 0 Å². The fourth-order valence-corrected chi connectivity index (χ4v) is 2.86. The first-order valence-electron chi connectivity index (χ1n) is 5.82. The number of nitriles is 1. The maximum absolute atomic E-state index is 11.7. The first-order chi connectivity index (χ1) is 9.06. The number of hydrogen-bond acceptors (Lipinski definition) is 3. The predicted molar refractivity (Wildman–Crippen MR) is 74.2 cm³/mol. The van der Waals surface area contributed by atoms with E-state index in [-0.39, 0.29) is 0 Å². The largest absolute Gasteiger partial charge is 0.481 e. The van der Waals surface area contributed by atoms with Crippen molar-refractivity contribution in [3.05, 3.63) is 57.8 Å². The summed E-state index contributed by atoms with van der Waals surface area (Å²) >= 11 is 1.54. The van der Waals surface area contributed by atoms with Crippen molar-refractivity contribution >= 4 is 17.3 Å². The van der Waals surface area contributed by atoms with E-state index < -0.39 is 11.4 Å². The van der Waals surface area contributed by atoms with Crippen LogP contribution in [0.25, 0.3) is 0 Å². The molecule has 0 saturated heterocycles. The minimum atomic E-state index is -1.02. The molecule has 0 aliphatic heterocycles. The van der Waals surface area contributed by atoms with Crippen molar-refractivity contribution in [2.75, 3.05) is 0 Å². The van der Waals surface area contributed by atoms with Crippen LogP contribution in [0.3, 0.4) is 0 Å². The van der Waals surface area contributed by atoms with Crippen LogP contribution in [-0.4, -0.2) is 11.1 Å². The van der Waals surface area contributed by atoms with Crippen molar-refractivity contribution < 1.29 is 9.90 Å². The highest BCUT2D eigenvalue weighted by Gasteiger charge is 2.35. The number of rotatable bonds is 4. The van der Waals surface area contributed by atoms with Gasteiger partial charge in [-0.1, -0.05) is 18.2 Å². The van der Waals surface area contributed by atoms with E-state index in [0.29, 0.717) is 17.5 Å². The maximum atomic E-state index is 11.7. The first-order valence-corrected chi connectivity index (χ1v) is 6.70. The van der Waals surface area contributed by atoms with Crippen LogP contribution in [0.15, 0.2) is 41.8 Å². The van der Waals surface area contributed by atoms with Crippen LogP contribution in [0.5, 0.6) is 0 Å². The van der Waals surface area contributed by atoms with E-state index in [2.05, 4.69) is 0 Å². The summed E-state index contributed by atoms with van der Waals surface area (Å²) in [5.41, 5.74) is 0.126. The van der Waals surface area contributed by atoms with Gasteiger partial charge in [0.05, 0.1) is 17.0 Å². The first kappa shape index (κ1) is 13.3. The zero-order valence-electron chi connectivity index (χ0n) is 10.5. The predicted octanol–water partition coefficient (Wildman–Crippen LogP) is 3.20. The molecule has 1 unspecified atom stereocenters. The van der Waals surface area contributed by atoms with Crippen molar-refractivity contribution in [2.24, 2.45) is 0 Å². The summed E-state index contributed by atoms with van der Waals surface area (Å²) in [5, 5.41) is 20.4. The maximum Gasteiger partial charge on any atom is 0.314 e. The Hall–Kier alpha value is -2.12. The normalized spacial score (nSPS) is 13.5. The third-order valence-corrected chi connectivity index (χ3v) is 4.09. The Morgan fingerprint density at radius 3 is 2.79 bits per heavy atom. The van der Waals surface area contributed by atoms with Gasteiger partial charge < -0.3 is 5.11 Å². The van der Waals surface area contributed by atoms with Gasteiger partial charge in [-0.2, -0.15) is 5.26 Å². The molecular weight excluding hydrogens is 258 g/mol. The Labute approximate surface area is 115 Å². The van der Waals surface area contributed by atoms with Crippen LogP contribution in [0, 0.1) is 11.3 Å². The second-order valence-corrected chi connectivity index (χ2v) is 5.62. The van der Waals surface area contributed by atoms with E-state index in [9.17, 15) is 9.90 Å². The number of aliphatic carboxylic acids is 1. The van der Waals surface area contributed by atoms with Crippen LogP contribution < -0.4 is 0 Å². The van der Waals surface area contributed by atoms with Crippen LogP contribution in [-0.2, 0) is 16.6 Å². The third kappa shape index (κ3) is 2.67. The monoisotopic (exact) mass is 271 g/mol. The summed E-state index contributed by atoms with van der Waals surface area (Å²) < 4.78 is 0. The van der Waals surface area contributed by atoms with Crippen LogP contribution in [0.1, 0.15) is 22.9 Å². The number of hydrogen-bond donors (Lipinski definition) is 1. The molecule has 2 rings (SSSR count). The molecule has 1 heterocycles. The number of carbonyl (C=O) groups is 1. The van der Waals surface area contributed by atoms with Crippen molar-refractivity contribution in [1.82, 2.24) is 0 Å². The minimum absolute atomic E-state index is 0.425. The van der Waals surface area contributed by atoms with E-state index in [1.54, 1.807) is 42.5 Å². The molecule has 0 spiro atoms. The summed E-state index contributed by atoms with van der Waals surface area (Å²) in [6, 6.07) is 12.7. The average Bonchev–Trinajstić information content (AvgIpc) is 2.91. The molecule has 0 amide bonds. The average molecular weight is 271 g/mol. The van der Waals surface area contributed by atoms with E-state index in [1.807, 2.05) is 23.6 Å². The zero-order chi connectivity index (χ0) is 13.9. The van der Waals surface area contributed by atoms with Crippen LogP contribution in [0.4, 0.5) is 0 Å². The highest BCUT2D eigenvalue weighted by atomic mass is 32.1. The molecular formula is C15H13NO2S. The SMILES string of the molecule is CC(Cc1cccs1)(C(=O)O)c1cccc(C#N)c1. The molecule has 0 radical (unpaired) electrons. The number of carboxylic acid groups (broad SMARTS) is 1. The highest BCUT2D eigenvalue weighted by molar-refractivity contribution is 7.09. The molecule has 3 nitrogen and oxygen atoms in total. The fourth-order valence-electron chi connectivity index (χ4n) is 1.99. The molecule has 0 bridgehead atoms. The smallest absolute Gasteiger partial charge is 0.314 e. The number of carboxylic acids is 1. The van der Waals surface area contributed by atoms with E-state index >= 15 is 0 Å². The molecule has 19 heavy (non-hydrogen) atoms. The topological polar surface area (TPSA) is 61.1 Å². The van der Waals surface area contributed by atoms with Gasteiger partial charge >= 0.3 is 5.97 Å². The lowest BCUT2D eigenvalue weighted by molar-refractivity contribution is -0.143. The number of nitrogens with zero attached hydrogens (tertiary/aromatic N) is 1. The third-order valence-electron chi connectivity index (χ3n) is 3.21. The van der Waals surface area contributed by atoms with Gasteiger partial charge in [-0.05, 0) is 36.1 Å². The summed E-state index contributed by atoms with van der Waals surface area (Å²) in [4.78, 5) is 12.7. The van der Waals surface area contributed by atoms with Gasteiger partial charge in [0.2, 0.25) is 0 Å². The van der Waals surface area contributed by atoms with Crippen molar-refractivity contribution in [3.8, 4) is 6.07 Å². The van der Waals surface area contributed by atoms with Gasteiger partial charge in [0.25, 0.3) is 0 Å². The van der Waals surface area contributed by atoms with Gasteiger partial charge in [-0.3, -0.25) is 4.79 Å². The van der Waals surface area contributed by atoms with Gasteiger partial charge in [0, 0.05) is 11.3 Å². The van der Waals surface area contributed by atoms with Gasteiger partial charge in [0.15, 0.2) is 0 Å². The summed E-state index contributed by atoms with van der Waals surface area (Å²) in [5.74, 6) is -0.879. The summed E-state index contributed by atoms with van der Waals surface area (Å²) in [6.45, 7) is 1.70. The molecule has 1 aromatic heterocycles. The summed E-state index contributed by atoms with van der Waals surface area (Å²) in [7, 11) is 0. The lowest BCUT2D eigenvalue weighted by Crippen LogP contribution is -2.34. The lowest BCUT2D eigenvalue weighted by atomic mass is 9.78. The molecule has 0 aliphatic rings. The van der Waals surface area contributed by atoms with Gasteiger partial charge in [0.1, 0.15) is 0 Å². The van der Waals surface area contributed by atoms with Crippen molar-refractivity contribution in [2.45, 2.75) is 18.8 Å². The lowest BCUT2D eigenvalue weighted by Gasteiger charge is -2.25. The van der Waals surface area contributed by atoms with Gasteiger partial charge in [-0.15, -0.1) is 11.3 Å². The molecule has 0 aliphatic carbocycles. The Kier molecular flexibility index (Phi) is 3.68. The zero-order valence-corrected chi connectivity index (χ0v) is 11.3. The van der Waals surface area contributed by atoms with Crippen molar-refractivity contribution in [3.63, 3.8) is 0 Å². The van der Waals surface area contributed by atoms with E-state index in [4.69, 9.17) is 5.26 Å². The molecule has 1 atom stereocenters. The van der Waals surface area contributed by atoms with Crippen LogP contribution in [0.2, 0.25) is 0 Å². The van der Waals surface area contributed by atoms with E-state index in [1.165, 1.54) is 0 Å². The minimum Gasteiger partial charge on any atom is -0.481 e. The molecule has 1 N–H and O–H groups in total. The quantitative estimate of drug-likeness (QED) is 0.928. The molecule has 4 heteroatoms.